The Morgan fingerprint density at radius 2 is 2.00 bits per heavy atom. The van der Waals surface area contributed by atoms with Crippen LogP contribution >= 0.6 is 0 Å². The molecule has 1 amide bonds. The van der Waals surface area contributed by atoms with Crippen LogP contribution in [0.4, 0.5) is 4.79 Å². The van der Waals surface area contributed by atoms with Gasteiger partial charge in [-0.2, -0.15) is 0 Å². The molecule has 0 radical (unpaired) electrons. The third-order valence-corrected chi connectivity index (χ3v) is 2.55. The quantitative estimate of drug-likeness (QED) is 0.692. The largest absolute Gasteiger partial charge is 0.444 e. The molecule has 1 unspecified atom stereocenters. The summed E-state index contributed by atoms with van der Waals surface area (Å²) in [4.78, 5) is 13.4. The highest BCUT2D eigenvalue weighted by Crippen LogP contribution is 2.15. The molecule has 1 rings (SSSR count). The monoisotopic (exact) mass is 229 g/mol. The average molecular weight is 229 g/mol. The fraction of sp³-hybridized carbons (Fsp3) is 0.917. The highest BCUT2D eigenvalue weighted by atomic mass is 16.6. The van der Waals surface area contributed by atoms with Gasteiger partial charge < -0.3 is 14.7 Å². The Bertz CT molecular complexity index is 235. The van der Waals surface area contributed by atoms with Crippen molar-refractivity contribution in [3.63, 3.8) is 0 Å². The number of likely N-dealkylation sites (tertiary alicyclic amines) is 1. The predicted octanol–water partition coefficient (Wildman–Crippen LogP) is 2.16. The molecule has 0 bridgehead atoms. The standard InChI is InChI=1S/C12H23NO3/c1-12(2,3)16-11(15)13-8-6-4-5-7-10(14)9-13/h10,14H,4-9H2,1-3H3. The predicted molar refractivity (Wildman–Crippen MR) is 62.3 cm³/mol. The van der Waals surface area contributed by atoms with Crippen molar-refractivity contribution in [3.05, 3.63) is 0 Å². The molecule has 4 nitrogen and oxygen atoms in total. The Labute approximate surface area is 97.6 Å². The molecule has 0 spiro atoms. The molecule has 1 saturated heterocycles. The molecular formula is C12H23NO3. The number of carbonyl (C=O) groups excluding carboxylic acids is 1. The van der Waals surface area contributed by atoms with E-state index in [1.165, 1.54) is 0 Å². The first-order valence-corrected chi connectivity index (χ1v) is 6.04. The van der Waals surface area contributed by atoms with Crippen molar-refractivity contribution >= 4 is 6.09 Å². The molecule has 1 fully saturated rings. The minimum atomic E-state index is -0.468. The van der Waals surface area contributed by atoms with Crippen LogP contribution in [0.25, 0.3) is 0 Å². The minimum absolute atomic E-state index is 0.312. The van der Waals surface area contributed by atoms with Gasteiger partial charge in [-0.05, 0) is 33.6 Å². The Kier molecular flexibility index (Phi) is 4.59. The number of amides is 1. The number of aliphatic hydroxyl groups is 1. The van der Waals surface area contributed by atoms with E-state index in [-0.39, 0.29) is 6.09 Å². The fourth-order valence-corrected chi connectivity index (χ4v) is 1.79. The second-order valence-corrected chi connectivity index (χ2v) is 5.43. The van der Waals surface area contributed by atoms with Crippen LogP contribution in [0.1, 0.15) is 46.5 Å². The van der Waals surface area contributed by atoms with E-state index < -0.39 is 11.7 Å². The third kappa shape index (κ3) is 4.84. The highest BCUT2D eigenvalue weighted by Gasteiger charge is 2.24. The summed E-state index contributed by atoms with van der Waals surface area (Å²) in [5.41, 5.74) is -0.468. The van der Waals surface area contributed by atoms with Crippen LogP contribution in [0.2, 0.25) is 0 Å². The molecule has 0 aliphatic carbocycles. The van der Waals surface area contributed by atoms with Gasteiger partial charge in [0.2, 0.25) is 0 Å². The second kappa shape index (κ2) is 5.53. The lowest BCUT2D eigenvalue weighted by atomic mass is 10.1. The Hall–Kier alpha value is -0.770. The SMILES string of the molecule is CC(C)(C)OC(=O)N1CCCCCC(O)C1. The van der Waals surface area contributed by atoms with E-state index in [9.17, 15) is 9.90 Å². The van der Waals surface area contributed by atoms with Crippen molar-refractivity contribution in [3.8, 4) is 0 Å². The molecule has 1 aliphatic rings. The lowest BCUT2D eigenvalue weighted by Gasteiger charge is -2.30. The maximum absolute atomic E-state index is 11.8. The van der Waals surface area contributed by atoms with E-state index in [2.05, 4.69) is 0 Å². The summed E-state index contributed by atoms with van der Waals surface area (Å²) in [6.07, 6.45) is 3.16. The molecule has 94 valence electrons. The number of rotatable bonds is 0. The van der Waals surface area contributed by atoms with Crippen LogP contribution in [0.5, 0.6) is 0 Å². The number of β-amino-alcohol motifs (C(OH)–C–C–N with tert-alkyl or cyclic N) is 1. The van der Waals surface area contributed by atoms with E-state index in [0.29, 0.717) is 13.1 Å². The van der Waals surface area contributed by atoms with Gasteiger partial charge in [0.1, 0.15) is 5.60 Å². The van der Waals surface area contributed by atoms with Crippen molar-refractivity contribution in [2.24, 2.45) is 0 Å². The zero-order valence-electron chi connectivity index (χ0n) is 10.5. The first-order chi connectivity index (χ1) is 7.38. The van der Waals surface area contributed by atoms with Crippen LogP contribution < -0.4 is 0 Å². The van der Waals surface area contributed by atoms with Gasteiger partial charge in [-0.3, -0.25) is 0 Å². The van der Waals surface area contributed by atoms with Gasteiger partial charge in [-0.15, -0.1) is 0 Å². The summed E-state index contributed by atoms with van der Waals surface area (Å²) < 4.78 is 5.30. The molecule has 1 atom stereocenters. The highest BCUT2D eigenvalue weighted by molar-refractivity contribution is 5.68. The van der Waals surface area contributed by atoms with E-state index in [1.54, 1.807) is 4.90 Å². The molecule has 0 aromatic rings. The lowest BCUT2D eigenvalue weighted by molar-refractivity contribution is 0.0110. The van der Waals surface area contributed by atoms with Crippen molar-refractivity contribution in [2.75, 3.05) is 13.1 Å². The number of ether oxygens (including phenoxy) is 1. The Morgan fingerprint density at radius 3 is 2.62 bits per heavy atom. The van der Waals surface area contributed by atoms with Gasteiger partial charge in [0.15, 0.2) is 0 Å². The van der Waals surface area contributed by atoms with E-state index in [1.807, 2.05) is 20.8 Å². The molecule has 0 saturated carbocycles. The number of carbonyl (C=O) groups is 1. The lowest BCUT2D eigenvalue weighted by Crippen LogP contribution is -2.42. The molecule has 0 aromatic carbocycles. The zero-order chi connectivity index (χ0) is 12.2. The van der Waals surface area contributed by atoms with Gasteiger partial charge in [0.05, 0.1) is 6.10 Å². The summed E-state index contributed by atoms with van der Waals surface area (Å²) >= 11 is 0. The van der Waals surface area contributed by atoms with E-state index >= 15 is 0 Å². The molecule has 16 heavy (non-hydrogen) atoms. The van der Waals surface area contributed by atoms with Gasteiger partial charge in [-0.1, -0.05) is 12.8 Å². The smallest absolute Gasteiger partial charge is 0.410 e. The first-order valence-electron chi connectivity index (χ1n) is 6.04. The Balaban J connectivity index is 2.51. The molecular weight excluding hydrogens is 206 g/mol. The van der Waals surface area contributed by atoms with Crippen LogP contribution in [-0.4, -0.2) is 40.9 Å². The summed E-state index contributed by atoms with van der Waals surface area (Å²) in [6, 6.07) is 0. The molecule has 1 aliphatic heterocycles. The summed E-state index contributed by atoms with van der Waals surface area (Å²) in [5, 5.41) is 9.68. The number of nitrogens with zero attached hydrogens (tertiary/aromatic N) is 1. The molecule has 1 N–H and O–H groups in total. The van der Waals surface area contributed by atoms with Gasteiger partial charge in [0.25, 0.3) is 0 Å². The van der Waals surface area contributed by atoms with Crippen molar-refractivity contribution in [1.29, 1.82) is 0 Å². The van der Waals surface area contributed by atoms with Crippen LogP contribution in [0.3, 0.4) is 0 Å². The van der Waals surface area contributed by atoms with Crippen molar-refractivity contribution < 1.29 is 14.6 Å². The normalized spacial score (nSPS) is 23.5. The molecule has 1 heterocycles. The summed E-state index contributed by atoms with van der Waals surface area (Å²) in [5.74, 6) is 0. The number of hydrogen-bond donors (Lipinski definition) is 1. The van der Waals surface area contributed by atoms with Crippen molar-refractivity contribution in [1.82, 2.24) is 4.90 Å². The maximum Gasteiger partial charge on any atom is 0.410 e. The van der Waals surface area contributed by atoms with Crippen LogP contribution in [0, 0.1) is 0 Å². The molecule has 0 aromatic heterocycles. The van der Waals surface area contributed by atoms with Gasteiger partial charge >= 0.3 is 6.09 Å². The molecule has 4 heteroatoms. The third-order valence-electron chi connectivity index (χ3n) is 2.55. The fourth-order valence-electron chi connectivity index (χ4n) is 1.79. The average Bonchev–Trinajstić information content (AvgIpc) is 2.07. The van der Waals surface area contributed by atoms with E-state index in [4.69, 9.17) is 4.74 Å². The minimum Gasteiger partial charge on any atom is -0.444 e. The summed E-state index contributed by atoms with van der Waals surface area (Å²) in [6.45, 7) is 6.64. The number of hydrogen-bond acceptors (Lipinski definition) is 3. The summed E-state index contributed by atoms with van der Waals surface area (Å²) in [7, 11) is 0. The van der Waals surface area contributed by atoms with Gasteiger partial charge in [0, 0.05) is 13.1 Å². The first kappa shape index (κ1) is 13.3. The number of aliphatic hydroxyl groups excluding tert-OH is 1. The van der Waals surface area contributed by atoms with E-state index in [0.717, 1.165) is 25.7 Å². The topological polar surface area (TPSA) is 49.8 Å². The van der Waals surface area contributed by atoms with Crippen LogP contribution in [-0.2, 0) is 4.74 Å². The van der Waals surface area contributed by atoms with Crippen molar-refractivity contribution in [2.45, 2.75) is 58.2 Å². The van der Waals surface area contributed by atoms with Crippen LogP contribution in [0.15, 0.2) is 0 Å². The second-order valence-electron chi connectivity index (χ2n) is 5.43. The zero-order valence-corrected chi connectivity index (χ0v) is 10.5. The van der Waals surface area contributed by atoms with Gasteiger partial charge in [-0.25, -0.2) is 4.79 Å². The Morgan fingerprint density at radius 1 is 1.31 bits per heavy atom. The maximum atomic E-state index is 11.8.